The number of carboxylic acid groups (broad SMARTS) is 2. The third kappa shape index (κ3) is 17.2. The Kier molecular flexibility index (Phi) is 16.8. The van der Waals surface area contributed by atoms with E-state index in [0.29, 0.717) is 39.6 Å². The van der Waals surface area contributed by atoms with E-state index < -0.39 is 11.9 Å². The van der Waals surface area contributed by atoms with Crippen LogP contribution < -0.4 is 0 Å². The Labute approximate surface area is 164 Å². The average Bonchev–Trinajstić information content (AvgIpc) is 2.64. The van der Waals surface area contributed by atoms with Crippen molar-refractivity contribution in [2.75, 3.05) is 65.9 Å². The van der Waals surface area contributed by atoms with Crippen molar-refractivity contribution in [1.29, 1.82) is 0 Å². The van der Waals surface area contributed by atoms with Crippen molar-refractivity contribution in [2.24, 2.45) is 0 Å². The summed E-state index contributed by atoms with van der Waals surface area (Å²) in [7, 11) is 0. The van der Waals surface area contributed by atoms with E-state index in [1.165, 1.54) is 4.90 Å². The van der Waals surface area contributed by atoms with Crippen LogP contribution in [0.15, 0.2) is 0 Å². The first-order valence-corrected chi connectivity index (χ1v) is 8.93. The van der Waals surface area contributed by atoms with Gasteiger partial charge in [-0.25, -0.2) is 0 Å². The first-order chi connectivity index (χ1) is 13.5. The molecule has 0 radical (unpaired) electrons. The molecule has 10 nitrogen and oxygen atoms in total. The molecular weight excluding hydrogens is 374 g/mol. The van der Waals surface area contributed by atoms with Crippen LogP contribution in [0, 0.1) is 12.3 Å². The quantitative estimate of drug-likeness (QED) is 0.223. The third-order valence-electron chi connectivity index (χ3n) is 3.31. The van der Waals surface area contributed by atoms with Crippen LogP contribution in [0.25, 0.3) is 0 Å². The molecule has 1 amide bonds. The van der Waals surface area contributed by atoms with E-state index in [4.69, 9.17) is 35.6 Å². The van der Waals surface area contributed by atoms with Crippen LogP contribution in [-0.2, 0) is 33.3 Å². The van der Waals surface area contributed by atoms with E-state index in [1.807, 2.05) is 0 Å². The number of terminal acetylenes is 1. The van der Waals surface area contributed by atoms with Gasteiger partial charge in [0.1, 0.15) is 6.61 Å². The Morgan fingerprint density at radius 2 is 1.14 bits per heavy atom. The lowest BCUT2D eigenvalue weighted by molar-refractivity contribution is -0.139. The Morgan fingerprint density at radius 1 is 0.714 bits per heavy atom. The molecule has 0 fully saturated rings. The summed E-state index contributed by atoms with van der Waals surface area (Å²) in [6.07, 6.45) is 4.59. The average molecular weight is 403 g/mol. The lowest BCUT2D eigenvalue weighted by Gasteiger charge is -2.21. The van der Waals surface area contributed by atoms with Crippen LogP contribution in [0.5, 0.6) is 0 Å². The van der Waals surface area contributed by atoms with Crippen LogP contribution in [0.3, 0.4) is 0 Å². The molecule has 0 unspecified atom stereocenters. The van der Waals surface area contributed by atoms with Gasteiger partial charge in [-0.1, -0.05) is 5.92 Å². The van der Waals surface area contributed by atoms with Crippen molar-refractivity contribution in [3.8, 4) is 12.3 Å². The third-order valence-corrected chi connectivity index (χ3v) is 3.31. The van der Waals surface area contributed by atoms with Gasteiger partial charge in [-0.05, 0) is 0 Å². The molecule has 0 saturated heterocycles. The number of hydrogen-bond donors (Lipinski definition) is 2. The fourth-order valence-corrected chi connectivity index (χ4v) is 1.93. The van der Waals surface area contributed by atoms with Crippen molar-refractivity contribution in [3.05, 3.63) is 0 Å². The lowest BCUT2D eigenvalue weighted by Crippen LogP contribution is -2.35. The number of nitrogens with zero attached hydrogens (tertiary/aromatic N) is 1. The highest BCUT2D eigenvalue weighted by Crippen LogP contribution is 2.00. The molecule has 28 heavy (non-hydrogen) atoms. The summed E-state index contributed by atoms with van der Waals surface area (Å²) < 4.78 is 20.9. The van der Waals surface area contributed by atoms with Crippen LogP contribution in [0.4, 0.5) is 0 Å². The Morgan fingerprint density at radius 3 is 1.57 bits per heavy atom. The van der Waals surface area contributed by atoms with Crippen molar-refractivity contribution < 1.29 is 43.5 Å². The highest BCUT2D eigenvalue weighted by Gasteiger charge is 2.15. The van der Waals surface area contributed by atoms with Crippen LogP contribution >= 0.6 is 0 Å². The maximum Gasteiger partial charge on any atom is 0.305 e. The number of carbonyl (C=O) groups excluding carboxylic acids is 1. The van der Waals surface area contributed by atoms with Crippen molar-refractivity contribution in [3.63, 3.8) is 0 Å². The molecule has 0 aromatic heterocycles. The Balaban J connectivity index is 3.69. The van der Waals surface area contributed by atoms with Gasteiger partial charge in [0.25, 0.3) is 0 Å². The Bertz CT molecular complexity index is 472. The molecule has 0 aliphatic heterocycles. The predicted octanol–water partition coefficient (Wildman–Crippen LogP) is -0.146. The fourth-order valence-electron chi connectivity index (χ4n) is 1.93. The maximum absolute atomic E-state index is 12.1. The van der Waals surface area contributed by atoms with Gasteiger partial charge in [0.2, 0.25) is 5.91 Å². The number of amides is 1. The van der Waals surface area contributed by atoms with Gasteiger partial charge in [-0.2, -0.15) is 0 Å². The molecule has 10 heteroatoms. The topological polar surface area (TPSA) is 132 Å². The molecule has 0 bridgehead atoms. The predicted molar refractivity (Wildman–Crippen MR) is 97.8 cm³/mol. The zero-order chi connectivity index (χ0) is 21.0. The van der Waals surface area contributed by atoms with E-state index in [0.717, 1.165) is 0 Å². The summed E-state index contributed by atoms with van der Waals surface area (Å²) in [6, 6.07) is 0. The molecule has 0 heterocycles. The summed E-state index contributed by atoms with van der Waals surface area (Å²) in [5.74, 6) is -0.0940. The van der Waals surface area contributed by atoms with Gasteiger partial charge in [-0.3, -0.25) is 14.4 Å². The molecular formula is C18H29NO9. The van der Waals surface area contributed by atoms with E-state index in [-0.39, 0.29) is 51.5 Å². The van der Waals surface area contributed by atoms with E-state index >= 15 is 0 Å². The van der Waals surface area contributed by atoms with Gasteiger partial charge in [0.15, 0.2) is 0 Å². The van der Waals surface area contributed by atoms with Crippen molar-refractivity contribution in [1.82, 2.24) is 4.90 Å². The van der Waals surface area contributed by atoms with E-state index in [1.54, 1.807) is 0 Å². The molecule has 0 aliphatic carbocycles. The molecule has 160 valence electrons. The lowest BCUT2D eigenvalue weighted by atomic mass is 10.3. The Hall–Kier alpha value is -2.19. The van der Waals surface area contributed by atoms with E-state index in [9.17, 15) is 14.4 Å². The molecule has 0 atom stereocenters. The monoisotopic (exact) mass is 403 g/mol. The highest BCUT2D eigenvalue weighted by molar-refractivity contribution is 5.78. The number of aliphatic carboxylic acids is 2. The normalized spacial score (nSPS) is 10.4. The van der Waals surface area contributed by atoms with Crippen molar-refractivity contribution >= 4 is 17.8 Å². The summed E-state index contributed by atoms with van der Waals surface area (Å²) in [5, 5.41) is 17.4. The van der Waals surface area contributed by atoms with Gasteiger partial charge < -0.3 is 34.1 Å². The minimum Gasteiger partial charge on any atom is -0.481 e. The molecule has 0 saturated carbocycles. The number of rotatable bonds is 19. The number of hydrogen-bond acceptors (Lipinski definition) is 7. The van der Waals surface area contributed by atoms with Crippen LogP contribution in [0.1, 0.15) is 19.3 Å². The minimum atomic E-state index is -1.05. The van der Waals surface area contributed by atoms with Crippen LogP contribution in [0.2, 0.25) is 0 Å². The second kappa shape index (κ2) is 18.2. The van der Waals surface area contributed by atoms with Gasteiger partial charge >= 0.3 is 11.9 Å². The smallest absolute Gasteiger partial charge is 0.305 e. The minimum absolute atomic E-state index is 0.0294. The molecule has 0 rings (SSSR count). The molecule has 0 aromatic rings. The zero-order valence-corrected chi connectivity index (χ0v) is 16.0. The summed E-state index contributed by atoms with van der Waals surface area (Å²) in [4.78, 5) is 34.6. The second-order valence-electron chi connectivity index (χ2n) is 5.51. The number of ether oxygens (including phenoxy) is 4. The summed E-state index contributed by atoms with van der Waals surface area (Å²) >= 11 is 0. The highest BCUT2D eigenvalue weighted by atomic mass is 16.6. The standard InChI is InChI=1S/C18H29NO9/c1-2-8-25-10-12-27-14-15-28-13-11-26-9-5-16(20)19(6-3-17(21)22)7-4-18(23)24/h1H,3-15H2,(H,21,22)(H,23,24). The molecule has 0 spiro atoms. The molecule has 0 aromatic carbocycles. The van der Waals surface area contributed by atoms with Gasteiger partial charge in [0.05, 0.1) is 65.5 Å². The largest absolute Gasteiger partial charge is 0.481 e. The first-order valence-electron chi connectivity index (χ1n) is 8.93. The number of carboxylic acids is 2. The summed E-state index contributed by atoms with van der Waals surface area (Å²) in [5.41, 5.74) is 0. The molecule has 0 aliphatic rings. The fraction of sp³-hybridized carbons (Fsp3) is 0.722. The second-order valence-corrected chi connectivity index (χ2v) is 5.51. The maximum atomic E-state index is 12.1. The van der Waals surface area contributed by atoms with Crippen molar-refractivity contribution in [2.45, 2.75) is 19.3 Å². The van der Waals surface area contributed by atoms with Gasteiger partial charge in [-0.15, -0.1) is 6.42 Å². The first kappa shape index (κ1) is 25.8. The van der Waals surface area contributed by atoms with Crippen LogP contribution in [-0.4, -0.2) is 98.9 Å². The van der Waals surface area contributed by atoms with E-state index in [2.05, 4.69) is 5.92 Å². The summed E-state index contributed by atoms with van der Waals surface area (Å²) in [6.45, 7) is 2.65. The molecule has 2 N–H and O–H groups in total. The SMILES string of the molecule is C#CCOCCOCCOCCOCCC(=O)N(CCC(=O)O)CCC(=O)O. The zero-order valence-electron chi connectivity index (χ0n) is 16.0. The number of carbonyl (C=O) groups is 3. The van der Waals surface area contributed by atoms with Gasteiger partial charge in [0, 0.05) is 13.1 Å².